The number of aryl methyl sites for hydroxylation is 1. The van der Waals surface area contributed by atoms with E-state index >= 15 is 0 Å². The van der Waals surface area contributed by atoms with Crippen molar-refractivity contribution < 1.29 is 4.79 Å². The van der Waals surface area contributed by atoms with Crippen LogP contribution in [0.2, 0.25) is 5.02 Å². The summed E-state index contributed by atoms with van der Waals surface area (Å²) in [4.78, 5) is 15.1. The van der Waals surface area contributed by atoms with Crippen LogP contribution in [-0.2, 0) is 10.5 Å². The van der Waals surface area contributed by atoms with E-state index in [0.29, 0.717) is 5.02 Å². The topological polar surface area (TPSA) is 29.1 Å². The summed E-state index contributed by atoms with van der Waals surface area (Å²) in [5, 5.41) is 3.65. The average molecular weight is 442 g/mol. The molecule has 2 nitrogen and oxygen atoms in total. The second-order valence-corrected chi connectivity index (χ2v) is 9.47. The zero-order valence-electron chi connectivity index (χ0n) is 16.5. The van der Waals surface area contributed by atoms with Gasteiger partial charge in [0.25, 0.3) is 0 Å². The lowest BCUT2D eigenvalue weighted by Gasteiger charge is -2.16. The summed E-state index contributed by atoms with van der Waals surface area (Å²) in [5.74, 6) is 0.935. The maximum Gasteiger partial charge on any atom is 0.237 e. The summed E-state index contributed by atoms with van der Waals surface area (Å²) < 4.78 is 0. The van der Waals surface area contributed by atoms with Gasteiger partial charge < -0.3 is 5.32 Å². The number of hydrogen-bond donors (Lipinski definition) is 1. The molecule has 0 radical (unpaired) electrons. The molecule has 0 spiro atoms. The number of benzene rings is 3. The van der Waals surface area contributed by atoms with Gasteiger partial charge in [-0.25, -0.2) is 0 Å². The third-order valence-corrected chi connectivity index (χ3v) is 7.16. The van der Waals surface area contributed by atoms with Crippen LogP contribution < -0.4 is 5.32 Å². The van der Waals surface area contributed by atoms with Gasteiger partial charge in [0.1, 0.15) is 0 Å². The van der Waals surface area contributed by atoms with Gasteiger partial charge in [-0.15, -0.1) is 23.5 Å². The van der Waals surface area contributed by atoms with Crippen molar-refractivity contribution in [1.82, 2.24) is 0 Å². The van der Waals surface area contributed by atoms with E-state index in [2.05, 4.69) is 41.7 Å². The Bertz CT molecular complexity index is 945. The number of halogens is 1. The predicted molar refractivity (Wildman–Crippen MR) is 127 cm³/mol. The van der Waals surface area contributed by atoms with E-state index in [1.807, 2.05) is 62.0 Å². The highest BCUT2D eigenvalue weighted by Crippen LogP contribution is 2.29. The van der Waals surface area contributed by atoms with E-state index in [-0.39, 0.29) is 11.2 Å². The number of nitrogens with one attached hydrogen (secondary N) is 1. The largest absolute Gasteiger partial charge is 0.325 e. The number of amides is 1. The average Bonchev–Trinajstić information content (AvgIpc) is 2.74. The van der Waals surface area contributed by atoms with E-state index in [9.17, 15) is 4.79 Å². The molecule has 5 heteroatoms. The minimum Gasteiger partial charge on any atom is -0.325 e. The lowest BCUT2D eigenvalue weighted by molar-refractivity contribution is -0.115. The molecule has 0 aliphatic carbocycles. The molecular formula is C24H24ClNOS2. The van der Waals surface area contributed by atoms with Crippen LogP contribution in [0.4, 0.5) is 5.69 Å². The fourth-order valence-corrected chi connectivity index (χ4v) is 4.79. The summed E-state index contributed by atoms with van der Waals surface area (Å²) in [6.45, 7) is 4.07. The normalized spacial score (nSPS) is 11.8. The third kappa shape index (κ3) is 6.56. The minimum absolute atomic E-state index is 0.0296. The Morgan fingerprint density at radius 2 is 1.72 bits per heavy atom. The van der Waals surface area contributed by atoms with Gasteiger partial charge in [0.15, 0.2) is 0 Å². The Morgan fingerprint density at radius 1 is 1.00 bits per heavy atom. The van der Waals surface area contributed by atoms with Crippen LogP contribution in [0, 0.1) is 6.92 Å². The van der Waals surface area contributed by atoms with Crippen molar-refractivity contribution >= 4 is 46.7 Å². The number of thioether (sulfide) groups is 2. The van der Waals surface area contributed by atoms with Crippen molar-refractivity contribution in [1.29, 1.82) is 0 Å². The van der Waals surface area contributed by atoms with Crippen LogP contribution >= 0.6 is 35.1 Å². The molecule has 0 aromatic heterocycles. The van der Waals surface area contributed by atoms with Crippen LogP contribution in [0.15, 0.2) is 82.6 Å². The molecule has 1 amide bonds. The van der Waals surface area contributed by atoms with Gasteiger partial charge in [0.05, 0.1) is 5.25 Å². The molecule has 0 heterocycles. The molecule has 0 fully saturated rings. The Morgan fingerprint density at radius 3 is 2.38 bits per heavy atom. The highest BCUT2D eigenvalue weighted by atomic mass is 35.5. The molecule has 0 unspecified atom stereocenters. The molecule has 1 atom stereocenters. The molecule has 3 aromatic rings. The standard InChI is InChI=1S/C24H24ClNOS2/c1-3-23(29-21-12-10-19(25)11-13-21)24(27)26-22-14-9-18(15-17(22)2)16-28-20-7-5-4-6-8-20/h4-15,23H,3,16H2,1-2H3,(H,26,27)/t23-/m0/s1. The van der Waals surface area contributed by atoms with Crippen molar-refractivity contribution in [3.05, 3.63) is 88.9 Å². The molecule has 29 heavy (non-hydrogen) atoms. The van der Waals surface area contributed by atoms with Crippen molar-refractivity contribution in [2.45, 2.75) is 41.1 Å². The first kappa shape index (κ1) is 21.8. The molecule has 0 bridgehead atoms. The van der Waals surface area contributed by atoms with Gasteiger partial charge in [-0.2, -0.15) is 0 Å². The van der Waals surface area contributed by atoms with Gasteiger partial charge >= 0.3 is 0 Å². The molecule has 0 aliphatic heterocycles. The molecule has 3 rings (SSSR count). The lowest BCUT2D eigenvalue weighted by atomic mass is 10.1. The zero-order valence-corrected chi connectivity index (χ0v) is 18.9. The number of carbonyl (C=O) groups excluding carboxylic acids is 1. The van der Waals surface area contributed by atoms with Crippen molar-refractivity contribution in [3.63, 3.8) is 0 Å². The van der Waals surface area contributed by atoms with E-state index in [0.717, 1.165) is 28.3 Å². The fourth-order valence-electron chi connectivity index (χ4n) is 2.85. The first-order valence-electron chi connectivity index (χ1n) is 9.55. The van der Waals surface area contributed by atoms with E-state index in [1.165, 1.54) is 10.5 Å². The summed E-state index contributed by atoms with van der Waals surface area (Å²) in [5.41, 5.74) is 3.20. The first-order valence-corrected chi connectivity index (χ1v) is 11.8. The summed E-state index contributed by atoms with van der Waals surface area (Å²) in [6, 6.07) is 24.2. The van der Waals surface area contributed by atoms with Gasteiger partial charge in [-0.05, 0) is 66.9 Å². The second kappa shape index (κ2) is 10.8. The molecule has 1 N–H and O–H groups in total. The number of rotatable bonds is 8. The molecule has 0 saturated carbocycles. The lowest BCUT2D eigenvalue weighted by Crippen LogP contribution is -2.24. The first-order chi connectivity index (χ1) is 14.0. The highest BCUT2D eigenvalue weighted by Gasteiger charge is 2.18. The summed E-state index contributed by atoms with van der Waals surface area (Å²) in [6.07, 6.45) is 0.754. The van der Waals surface area contributed by atoms with Crippen LogP contribution in [0.5, 0.6) is 0 Å². The van der Waals surface area contributed by atoms with Gasteiger partial charge in [-0.1, -0.05) is 48.9 Å². The maximum absolute atomic E-state index is 12.8. The Balaban J connectivity index is 1.60. The summed E-state index contributed by atoms with van der Waals surface area (Å²) in [7, 11) is 0. The van der Waals surface area contributed by atoms with Gasteiger partial charge in [0, 0.05) is 26.3 Å². The number of carbonyl (C=O) groups is 1. The molecule has 0 aliphatic rings. The Kier molecular flexibility index (Phi) is 8.10. The van der Waals surface area contributed by atoms with Gasteiger partial charge in [0.2, 0.25) is 5.91 Å². The SMILES string of the molecule is CC[C@H](Sc1ccc(Cl)cc1)C(=O)Nc1ccc(CSc2ccccc2)cc1C. The van der Waals surface area contributed by atoms with Crippen LogP contribution in [0.25, 0.3) is 0 Å². The Hall–Kier alpha value is -1.88. The quantitative estimate of drug-likeness (QED) is 0.368. The molecule has 0 saturated heterocycles. The molecule has 150 valence electrons. The number of hydrogen-bond acceptors (Lipinski definition) is 3. The molecular weight excluding hydrogens is 418 g/mol. The monoisotopic (exact) mass is 441 g/mol. The van der Waals surface area contributed by atoms with Crippen molar-refractivity contribution in [2.24, 2.45) is 0 Å². The predicted octanol–water partition coefficient (Wildman–Crippen LogP) is 7.45. The summed E-state index contributed by atoms with van der Waals surface area (Å²) >= 11 is 9.33. The smallest absolute Gasteiger partial charge is 0.237 e. The van der Waals surface area contributed by atoms with Crippen LogP contribution in [-0.4, -0.2) is 11.2 Å². The van der Waals surface area contributed by atoms with Crippen LogP contribution in [0.3, 0.4) is 0 Å². The van der Waals surface area contributed by atoms with Gasteiger partial charge in [-0.3, -0.25) is 4.79 Å². The van der Waals surface area contributed by atoms with E-state index in [4.69, 9.17) is 11.6 Å². The van der Waals surface area contributed by atoms with Crippen molar-refractivity contribution in [3.8, 4) is 0 Å². The van der Waals surface area contributed by atoms with E-state index in [1.54, 1.807) is 11.8 Å². The Labute approximate surface area is 186 Å². The second-order valence-electron chi connectivity index (χ2n) is 6.71. The maximum atomic E-state index is 12.8. The minimum atomic E-state index is -0.149. The third-order valence-electron chi connectivity index (χ3n) is 4.45. The van der Waals surface area contributed by atoms with E-state index < -0.39 is 0 Å². The van der Waals surface area contributed by atoms with Crippen molar-refractivity contribution in [2.75, 3.05) is 5.32 Å². The highest BCUT2D eigenvalue weighted by molar-refractivity contribution is 8.00. The van der Waals surface area contributed by atoms with Crippen LogP contribution in [0.1, 0.15) is 24.5 Å². The zero-order chi connectivity index (χ0) is 20.6. The molecule has 3 aromatic carbocycles. The fraction of sp³-hybridized carbons (Fsp3) is 0.208. The number of anilines is 1.